The van der Waals surface area contributed by atoms with E-state index in [0.29, 0.717) is 12.3 Å². The summed E-state index contributed by atoms with van der Waals surface area (Å²) in [4.78, 5) is 21.1. The van der Waals surface area contributed by atoms with Gasteiger partial charge in [-0.3, -0.25) is 9.59 Å². The normalized spacial score (nSPS) is 10.1. The first-order valence-corrected chi connectivity index (χ1v) is 4.51. The van der Waals surface area contributed by atoms with Crippen molar-refractivity contribution in [3.05, 3.63) is 0 Å². The van der Waals surface area contributed by atoms with Crippen molar-refractivity contribution in [3.8, 4) is 0 Å². The molecule has 4 nitrogen and oxygen atoms in total. The minimum Gasteiger partial charge on any atom is -0.481 e. The number of nitrogens with one attached hydrogen (secondary N) is 1. The van der Waals surface area contributed by atoms with Crippen molar-refractivity contribution in [2.45, 2.75) is 33.1 Å². The summed E-state index contributed by atoms with van der Waals surface area (Å²) in [6, 6.07) is 0. The number of carbonyl (C=O) groups excluding carboxylic acids is 1. The van der Waals surface area contributed by atoms with E-state index in [9.17, 15) is 9.59 Å². The van der Waals surface area contributed by atoms with Gasteiger partial charge in [0.25, 0.3) is 0 Å². The van der Waals surface area contributed by atoms with Crippen LogP contribution in [0, 0.1) is 5.92 Å². The molecule has 1 amide bonds. The average molecular weight is 187 g/mol. The molecule has 0 aliphatic heterocycles. The van der Waals surface area contributed by atoms with E-state index in [1.807, 2.05) is 13.8 Å². The number of amides is 1. The summed E-state index contributed by atoms with van der Waals surface area (Å²) in [5.74, 6) is -0.440. The molecule has 0 aromatic carbocycles. The summed E-state index contributed by atoms with van der Waals surface area (Å²) in [6.45, 7) is 4.32. The topological polar surface area (TPSA) is 66.4 Å². The number of aliphatic carboxylic acids is 1. The van der Waals surface area contributed by atoms with E-state index in [4.69, 9.17) is 5.11 Å². The highest BCUT2D eigenvalue weighted by Crippen LogP contribution is 2.02. The van der Waals surface area contributed by atoms with E-state index in [-0.39, 0.29) is 18.9 Å². The molecule has 0 spiro atoms. The van der Waals surface area contributed by atoms with Gasteiger partial charge in [0.1, 0.15) is 0 Å². The Bertz CT molecular complexity index is 178. The molecule has 0 rings (SSSR count). The van der Waals surface area contributed by atoms with Crippen LogP contribution >= 0.6 is 0 Å². The summed E-state index contributed by atoms with van der Waals surface area (Å²) in [6.07, 6.45) is 1.32. The molecule has 4 heteroatoms. The highest BCUT2D eigenvalue weighted by Gasteiger charge is 2.03. The highest BCUT2D eigenvalue weighted by atomic mass is 16.4. The van der Waals surface area contributed by atoms with Crippen LogP contribution in [-0.4, -0.2) is 23.5 Å². The Morgan fingerprint density at radius 2 is 1.92 bits per heavy atom. The van der Waals surface area contributed by atoms with Crippen LogP contribution in [-0.2, 0) is 9.59 Å². The third-order valence-corrected chi connectivity index (χ3v) is 1.61. The third kappa shape index (κ3) is 8.85. The van der Waals surface area contributed by atoms with Gasteiger partial charge in [0, 0.05) is 13.0 Å². The number of hydrogen-bond acceptors (Lipinski definition) is 2. The summed E-state index contributed by atoms with van der Waals surface area (Å²) in [5.41, 5.74) is 0. The SMILES string of the molecule is CC(C)CCC(=O)NCCC(=O)O. The van der Waals surface area contributed by atoms with E-state index in [0.717, 1.165) is 6.42 Å². The maximum absolute atomic E-state index is 11.0. The van der Waals surface area contributed by atoms with Crippen molar-refractivity contribution in [2.75, 3.05) is 6.54 Å². The molecule has 0 heterocycles. The molecule has 2 N–H and O–H groups in total. The van der Waals surface area contributed by atoms with E-state index in [2.05, 4.69) is 5.32 Å². The Hall–Kier alpha value is -1.06. The molecule has 0 saturated heterocycles. The monoisotopic (exact) mass is 187 g/mol. The Labute approximate surface area is 78.3 Å². The van der Waals surface area contributed by atoms with Crippen LogP contribution in [0.5, 0.6) is 0 Å². The van der Waals surface area contributed by atoms with Crippen LogP contribution in [0.15, 0.2) is 0 Å². The second-order valence-electron chi connectivity index (χ2n) is 3.43. The van der Waals surface area contributed by atoms with Gasteiger partial charge in [-0.15, -0.1) is 0 Å². The van der Waals surface area contributed by atoms with Gasteiger partial charge in [0.2, 0.25) is 5.91 Å². The Balaban J connectivity index is 3.35. The minimum absolute atomic E-state index is 0.00653. The molecule has 0 fully saturated rings. The fourth-order valence-corrected chi connectivity index (χ4v) is 0.817. The zero-order chi connectivity index (χ0) is 10.3. The maximum Gasteiger partial charge on any atom is 0.305 e. The summed E-state index contributed by atoms with van der Waals surface area (Å²) in [5, 5.41) is 10.8. The van der Waals surface area contributed by atoms with Crippen molar-refractivity contribution < 1.29 is 14.7 Å². The Morgan fingerprint density at radius 1 is 1.31 bits per heavy atom. The molecule has 0 unspecified atom stereocenters. The third-order valence-electron chi connectivity index (χ3n) is 1.61. The van der Waals surface area contributed by atoms with Gasteiger partial charge in [0.15, 0.2) is 0 Å². The lowest BCUT2D eigenvalue weighted by Gasteiger charge is -2.04. The summed E-state index contributed by atoms with van der Waals surface area (Å²) >= 11 is 0. The molecule has 0 aromatic rings. The van der Waals surface area contributed by atoms with Crippen LogP contribution in [0.25, 0.3) is 0 Å². The average Bonchev–Trinajstić information content (AvgIpc) is 2.00. The number of carboxylic acids is 1. The van der Waals surface area contributed by atoms with Crippen LogP contribution < -0.4 is 5.32 Å². The van der Waals surface area contributed by atoms with Gasteiger partial charge >= 0.3 is 5.97 Å². The fraction of sp³-hybridized carbons (Fsp3) is 0.778. The maximum atomic E-state index is 11.0. The van der Waals surface area contributed by atoms with E-state index >= 15 is 0 Å². The smallest absolute Gasteiger partial charge is 0.305 e. The minimum atomic E-state index is -0.885. The molecule has 0 saturated carbocycles. The number of hydrogen-bond donors (Lipinski definition) is 2. The zero-order valence-electron chi connectivity index (χ0n) is 8.17. The predicted octanol–water partition coefficient (Wildman–Crippen LogP) is 1.01. The lowest BCUT2D eigenvalue weighted by molar-refractivity contribution is -0.136. The molecule has 76 valence electrons. The highest BCUT2D eigenvalue weighted by molar-refractivity contribution is 5.76. The second kappa shape index (κ2) is 6.46. The molecule has 0 radical (unpaired) electrons. The van der Waals surface area contributed by atoms with Gasteiger partial charge < -0.3 is 10.4 Å². The molecule has 13 heavy (non-hydrogen) atoms. The second-order valence-corrected chi connectivity index (χ2v) is 3.43. The zero-order valence-corrected chi connectivity index (χ0v) is 8.17. The van der Waals surface area contributed by atoms with Crippen LogP contribution in [0.1, 0.15) is 33.1 Å². The molecule has 0 aliphatic carbocycles. The summed E-state index contributed by atoms with van der Waals surface area (Å²) < 4.78 is 0. The first-order valence-electron chi connectivity index (χ1n) is 4.51. The first kappa shape index (κ1) is 11.9. The molecular weight excluding hydrogens is 170 g/mol. The molecule has 0 atom stereocenters. The van der Waals surface area contributed by atoms with Gasteiger partial charge in [-0.1, -0.05) is 13.8 Å². The van der Waals surface area contributed by atoms with Gasteiger partial charge in [-0.2, -0.15) is 0 Å². The van der Waals surface area contributed by atoms with Gasteiger partial charge in [0.05, 0.1) is 6.42 Å². The summed E-state index contributed by atoms with van der Waals surface area (Å²) in [7, 11) is 0. The van der Waals surface area contributed by atoms with E-state index < -0.39 is 5.97 Å². The Morgan fingerprint density at radius 3 is 2.38 bits per heavy atom. The molecule has 0 aliphatic rings. The molecule has 0 aromatic heterocycles. The quantitative estimate of drug-likeness (QED) is 0.652. The van der Waals surface area contributed by atoms with E-state index in [1.54, 1.807) is 0 Å². The lowest BCUT2D eigenvalue weighted by Crippen LogP contribution is -2.25. The van der Waals surface area contributed by atoms with Crippen LogP contribution in [0.4, 0.5) is 0 Å². The van der Waals surface area contributed by atoms with Crippen molar-refractivity contribution >= 4 is 11.9 Å². The molecular formula is C9H17NO3. The predicted molar refractivity (Wildman–Crippen MR) is 49.3 cm³/mol. The van der Waals surface area contributed by atoms with Crippen molar-refractivity contribution in [2.24, 2.45) is 5.92 Å². The number of rotatable bonds is 6. The number of carboxylic acid groups (broad SMARTS) is 1. The van der Waals surface area contributed by atoms with E-state index in [1.165, 1.54) is 0 Å². The fourth-order valence-electron chi connectivity index (χ4n) is 0.817. The van der Waals surface area contributed by atoms with Crippen molar-refractivity contribution in [3.63, 3.8) is 0 Å². The number of carbonyl (C=O) groups is 2. The van der Waals surface area contributed by atoms with Gasteiger partial charge in [-0.05, 0) is 12.3 Å². The van der Waals surface area contributed by atoms with Gasteiger partial charge in [-0.25, -0.2) is 0 Å². The first-order chi connectivity index (χ1) is 6.02. The van der Waals surface area contributed by atoms with Crippen molar-refractivity contribution in [1.29, 1.82) is 0 Å². The van der Waals surface area contributed by atoms with Crippen molar-refractivity contribution in [1.82, 2.24) is 5.32 Å². The lowest BCUT2D eigenvalue weighted by atomic mass is 10.1. The largest absolute Gasteiger partial charge is 0.481 e. The van der Waals surface area contributed by atoms with Crippen LogP contribution in [0.3, 0.4) is 0 Å². The van der Waals surface area contributed by atoms with Crippen LogP contribution in [0.2, 0.25) is 0 Å². The standard InChI is InChI=1S/C9H17NO3/c1-7(2)3-4-8(11)10-6-5-9(12)13/h7H,3-6H2,1-2H3,(H,10,11)(H,12,13). The molecule has 0 bridgehead atoms. The Kier molecular flexibility index (Phi) is 5.93.